The van der Waals surface area contributed by atoms with Crippen LogP contribution >= 0.6 is 0 Å². The lowest BCUT2D eigenvalue weighted by atomic mass is 10.1. The lowest BCUT2D eigenvalue weighted by molar-refractivity contribution is -0.123. The maximum atomic E-state index is 13.9. The van der Waals surface area contributed by atoms with Crippen molar-refractivity contribution in [2.75, 3.05) is 5.32 Å². The molecule has 168 valence electrons. The first-order valence-corrected chi connectivity index (χ1v) is 12.0. The minimum Gasteiger partial charge on any atom is -0.335 e. The lowest BCUT2D eigenvalue weighted by Crippen LogP contribution is -2.34. The van der Waals surface area contributed by atoms with Crippen molar-refractivity contribution in [3.8, 4) is 0 Å². The number of benzene rings is 2. The fraction of sp³-hybridized carbons (Fsp3) is 0.304. The highest BCUT2D eigenvalue weighted by Crippen LogP contribution is 2.26. The van der Waals surface area contributed by atoms with Gasteiger partial charge >= 0.3 is 0 Å². The van der Waals surface area contributed by atoms with Crippen LogP contribution in [0.1, 0.15) is 38.6 Å². The molecule has 1 atom stereocenters. The molecule has 0 saturated heterocycles. The third-order valence-electron chi connectivity index (χ3n) is 5.90. The molecule has 1 aliphatic carbocycles. The molecule has 0 bridgehead atoms. The number of aromatic nitrogens is 1. The molecule has 1 saturated carbocycles. The van der Waals surface area contributed by atoms with Gasteiger partial charge in [0.2, 0.25) is 11.8 Å². The van der Waals surface area contributed by atoms with Crippen LogP contribution in [0.15, 0.2) is 59.6 Å². The Hall–Kier alpha value is -3.20. The summed E-state index contributed by atoms with van der Waals surface area (Å²) in [4.78, 5) is 24.8. The molecule has 1 aliphatic rings. The first-order valence-electron chi connectivity index (χ1n) is 10.5. The van der Waals surface area contributed by atoms with Crippen LogP contribution in [0, 0.1) is 11.7 Å². The van der Waals surface area contributed by atoms with Crippen LogP contribution in [-0.4, -0.2) is 24.8 Å². The first kappa shape index (κ1) is 22.0. The van der Waals surface area contributed by atoms with Gasteiger partial charge in [0.1, 0.15) is 11.9 Å². The third-order valence-corrected chi connectivity index (χ3v) is 7.26. The molecule has 0 aliphatic heterocycles. The number of fused-ring (bicyclic) bond motifs is 1. The van der Waals surface area contributed by atoms with Crippen molar-refractivity contribution in [2.24, 2.45) is 5.92 Å². The van der Waals surface area contributed by atoms with E-state index < -0.39 is 22.0 Å². The average Bonchev–Trinajstić information content (AvgIpc) is 3.44. The maximum absolute atomic E-state index is 13.9. The molecule has 1 aromatic heterocycles. The van der Waals surface area contributed by atoms with Gasteiger partial charge in [0, 0.05) is 23.2 Å². The summed E-state index contributed by atoms with van der Waals surface area (Å²) in [5.41, 5.74) is 1.01. The van der Waals surface area contributed by atoms with E-state index in [9.17, 15) is 22.4 Å². The second kappa shape index (κ2) is 8.74. The van der Waals surface area contributed by atoms with Gasteiger partial charge < -0.3 is 9.88 Å². The van der Waals surface area contributed by atoms with Crippen molar-refractivity contribution in [1.82, 2.24) is 9.29 Å². The normalized spacial score (nSPS) is 15.6. The number of sulfonamides is 1. The fourth-order valence-corrected chi connectivity index (χ4v) is 5.09. The standard InChI is InChI=1S/C23H24FN3O4S/c1-15(27-14-13-19-20(24)7-4-8-21(19)27)22(28)25-17-9-11-18(12-10-17)32(30,31)26-23(29)16-5-2-3-6-16/h4,7-16H,2-3,5-6H2,1H3,(H,25,28)(H,26,29). The molecular weight excluding hydrogens is 433 g/mol. The molecule has 2 aromatic carbocycles. The monoisotopic (exact) mass is 457 g/mol. The Bertz CT molecular complexity index is 1260. The smallest absolute Gasteiger partial charge is 0.264 e. The largest absolute Gasteiger partial charge is 0.335 e. The van der Waals surface area contributed by atoms with Gasteiger partial charge in [0.25, 0.3) is 10.0 Å². The molecular formula is C23H24FN3O4S. The Kier molecular flexibility index (Phi) is 6.01. The number of carbonyl (C=O) groups excluding carboxylic acids is 2. The van der Waals surface area contributed by atoms with E-state index in [1.807, 2.05) is 0 Å². The summed E-state index contributed by atoms with van der Waals surface area (Å²) in [5, 5.41) is 3.17. The number of nitrogens with zero attached hydrogens (tertiary/aromatic N) is 1. The molecule has 9 heteroatoms. The molecule has 0 spiro atoms. The van der Waals surface area contributed by atoms with E-state index in [2.05, 4.69) is 10.0 Å². The van der Waals surface area contributed by atoms with E-state index in [0.29, 0.717) is 29.4 Å². The zero-order chi connectivity index (χ0) is 22.9. The number of halogens is 1. The zero-order valence-corrected chi connectivity index (χ0v) is 18.4. The van der Waals surface area contributed by atoms with Gasteiger partial charge in [0.15, 0.2) is 0 Å². The minimum absolute atomic E-state index is 0.0539. The quantitative estimate of drug-likeness (QED) is 0.585. The summed E-state index contributed by atoms with van der Waals surface area (Å²) in [7, 11) is -3.97. The Morgan fingerprint density at radius 3 is 2.44 bits per heavy atom. The number of anilines is 1. The van der Waals surface area contributed by atoms with Crippen LogP contribution in [0.25, 0.3) is 10.9 Å². The second-order valence-corrected chi connectivity index (χ2v) is 9.72. The van der Waals surface area contributed by atoms with E-state index in [1.54, 1.807) is 35.9 Å². The highest BCUT2D eigenvalue weighted by Gasteiger charge is 2.27. The Balaban J connectivity index is 1.44. The Labute approximate surface area is 185 Å². The van der Waals surface area contributed by atoms with Crippen LogP contribution in [0.5, 0.6) is 0 Å². The molecule has 0 radical (unpaired) electrons. The van der Waals surface area contributed by atoms with Gasteiger partial charge in [-0.15, -0.1) is 0 Å². The molecule has 4 rings (SSSR count). The number of carbonyl (C=O) groups is 2. The van der Waals surface area contributed by atoms with Crippen molar-refractivity contribution >= 4 is 38.4 Å². The number of nitrogens with one attached hydrogen (secondary N) is 2. The van der Waals surface area contributed by atoms with E-state index in [0.717, 1.165) is 12.8 Å². The van der Waals surface area contributed by atoms with Crippen LogP contribution in [-0.2, 0) is 19.6 Å². The zero-order valence-electron chi connectivity index (χ0n) is 17.5. The van der Waals surface area contributed by atoms with E-state index >= 15 is 0 Å². The summed E-state index contributed by atoms with van der Waals surface area (Å²) in [5.74, 6) is -1.42. The van der Waals surface area contributed by atoms with Gasteiger partial charge in [-0.05, 0) is 62.2 Å². The summed E-state index contributed by atoms with van der Waals surface area (Å²) in [6.45, 7) is 1.69. The molecule has 1 unspecified atom stereocenters. The molecule has 3 aromatic rings. The van der Waals surface area contributed by atoms with Gasteiger partial charge in [-0.1, -0.05) is 18.9 Å². The van der Waals surface area contributed by atoms with Crippen LogP contribution < -0.4 is 10.0 Å². The predicted octanol–water partition coefficient (Wildman–Crippen LogP) is 3.98. The highest BCUT2D eigenvalue weighted by molar-refractivity contribution is 7.90. The minimum atomic E-state index is -3.97. The fourth-order valence-electron chi connectivity index (χ4n) is 4.04. The number of amides is 2. The van der Waals surface area contributed by atoms with Crippen molar-refractivity contribution in [3.05, 3.63) is 60.5 Å². The molecule has 2 amide bonds. The van der Waals surface area contributed by atoms with Crippen LogP contribution in [0.3, 0.4) is 0 Å². The average molecular weight is 458 g/mol. The van der Waals surface area contributed by atoms with Crippen LogP contribution in [0.2, 0.25) is 0 Å². The Morgan fingerprint density at radius 2 is 1.75 bits per heavy atom. The number of hydrogen-bond acceptors (Lipinski definition) is 4. The molecule has 1 fully saturated rings. The third kappa shape index (κ3) is 4.38. The highest BCUT2D eigenvalue weighted by atomic mass is 32.2. The van der Waals surface area contributed by atoms with E-state index in [-0.39, 0.29) is 22.5 Å². The maximum Gasteiger partial charge on any atom is 0.264 e. The number of rotatable bonds is 6. The summed E-state index contributed by atoms with van der Waals surface area (Å²) in [6, 6.07) is 11.3. The van der Waals surface area contributed by atoms with Gasteiger partial charge in [0.05, 0.1) is 10.4 Å². The summed E-state index contributed by atoms with van der Waals surface area (Å²) >= 11 is 0. The van der Waals surface area contributed by atoms with Crippen molar-refractivity contribution in [3.63, 3.8) is 0 Å². The van der Waals surface area contributed by atoms with E-state index in [1.165, 1.54) is 30.3 Å². The lowest BCUT2D eigenvalue weighted by Gasteiger charge is -2.16. The summed E-state index contributed by atoms with van der Waals surface area (Å²) in [6.07, 6.45) is 4.92. The van der Waals surface area contributed by atoms with Gasteiger partial charge in [-0.3, -0.25) is 9.59 Å². The van der Waals surface area contributed by atoms with Crippen LogP contribution in [0.4, 0.5) is 10.1 Å². The van der Waals surface area contributed by atoms with E-state index in [4.69, 9.17) is 0 Å². The predicted molar refractivity (Wildman–Crippen MR) is 119 cm³/mol. The molecule has 1 heterocycles. The summed E-state index contributed by atoms with van der Waals surface area (Å²) < 4.78 is 42.7. The number of hydrogen-bond donors (Lipinski definition) is 2. The topological polar surface area (TPSA) is 97.3 Å². The first-order chi connectivity index (χ1) is 15.3. The molecule has 7 nitrogen and oxygen atoms in total. The second-order valence-electron chi connectivity index (χ2n) is 8.04. The van der Waals surface area contributed by atoms with Gasteiger partial charge in [-0.25, -0.2) is 17.5 Å². The van der Waals surface area contributed by atoms with Crippen molar-refractivity contribution in [2.45, 2.75) is 43.5 Å². The van der Waals surface area contributed by atoms with Gasteiger partial charge in [-0.2, -0.15) is 0 Å². The molecule has 2 N–H and O–H groups in total. The SMILES string of the molecule is CC(C(=O)Nc1ccc(S(=O)(=O)NC(=O)C2CCCC2)cc1)n1ccc2c(F)cccc21. The Morgan fingerprint density at radius 1 is 1.06 bits per heavy atom. The van der Waals surface area contributed by atoms with Crippen molar-refractivity contribution < 1.29 is 22.4 Å². The molecule has 32 heavy (non-hydrogen) atoms. The van der Waals surface area contributed by atoms with Crippen molar-refractivity contribution in [1.29, 1.82) is 0 Å².